The van der Waals surface area contributed by atoms with Gasteiger partial charge in [-0.2, -0.15) is 0 Å². The van der Waals surface area contributed by atoms with Crippen LogP contribution in [0.15, 0.2) is 53.4 Å². The summed E-state index contributed by atoms with van der Waals surface area (Å²) < 4.78 is 6.51. The Labute approximate surface area is 152 Å². The third-order valence-corrected chi connectivity index (χ3v) is 6.18. The van der Waals surface area contributed by atoms with Gasteiger partial charge in [-0.3, -0.25) is 4.90 Å². The van der Waals surface area contributed by atoms with E-state index in [4.69, 9.17) is 17.0 Å². The van der Waals surface area contributed by atoms with E-state index in [-0.39, 0.29) is 12.0 Å². The second-order valence-corrected chi connectivity index (χ2v) is 7.71. The number of nitrogens with one attached hydrogen (secondary N) is 1. The molecular weight excluding hydrogens is 336 g/mol. The quantitative estimate of drug-likeness (QED) is 0.627. The first-order chi connectivity index (χ1) is 11.5. The van der Waals surface area contributed by atoms with E-state index >= 15 is 0 Å². The molecular formula is C19H20N2OS2. The fraction of sp³-hybridized carbons (Fsp3) is 0.316. The molecule has 124 valence electrons. The van der Waals surface area contributed by atoms with Crippen molar-refractivity contribution in [1.82, 2.24) is 5.32 Å². The number of fused-ring (bicyclic) bond motifs is 4. The molecule has 0 unspecified atom stereocenters. The fourth-order valence-corrected chi connectivity index (χ4v) is 4.57. The molecule has 2 aliphatic rings. The topological polar surface area (TPSA) is 24.5 Å². The molecule has 1 saturated heterocycles. The summed E-state index contributed by atoms with van der Waals surface area (Å²) in [5.41, 5.74) is 1.73. The first-order valence-corrected chi connectivity index (χ1v) is 9.70. The number of thioether (sulfide) groups is 1. The first-order valence-electron chi connectivity index (χ1n) is 8.07. The Morgan fingerprint density at radius 3 is 2.79 bits per heavy atom. The molecule has 2 aliphatic heterocycles. The van der Waals surface area contributed by atoms with Crippen LogP contribution in [-0.4, -0.2) is 17.1 Å². The van der Waals surface area contributed by atoms with Crippen molar-refractivity contribution in [3.63, 3.8) is 0 Å². The third kappa shape index (κ3) is 2.22. The van der Waals surface area contributed by atoms with E-state index in [2.05, 4.69) is 66.7 Å². The van der Waals surface area contributed by atoms with Crippen LogP contribution in [-0.2, 0) is 0 Å². The Kier molecular flexibility index (Phi) is 3.73. The highest BCUT2D eigenvalue weighted by atomic mass is 32.2. The molecule has 5 heteroatoms. The number of rotatable bonds is 2. The summed E-state index contributed by atoms with van der Waals surface area (Å²) in [6, 6.07) is 16.8. The highest BCUT2D eigenvalue weighted by Gasteiger charge is 2.53. The average molecular weight is 357 g/mol. The van der Waals surface area contributed by atoms with Gasteiger partial charge in [-0.1, -0.05) is 31.2 Å². The van der Waals surface area contributed by atoms with E-state index in [0.29, 0.717) is 5.11 Å². The van der Waals surface area contributed by atoms with Gasteiger partial charge in [-0.25, -0.2) is 0 Å². The maximum absolute atomic E-state index is 6.51. The van der Waals surface area contributed by atoms with Crippen molar-refractivity contribution >= 4 is 34.8 Å². The lowest BCUT2D eigenvalue weighted by atomic mass is 9.81. The maximum atomic E-state index is 6.51. The number of ether oxygens (including phenoxy) is 1. The minimum atomic E-state index is -0.515. The van der Waals surface area contributed by atoms with Gasteiger partial charge in [0.05, 0.1) is 6.04 Å². The molecule has 0 aromatic heterocycles. The van der Waals surface area contributed by atoms with Crippen molar-refractivity contribution < 1.29 is 4.74 Å². The molecule has 0 radical (unpaired) electrons. The van der Waals surface area contributed by atoms with E-state index < -0.39 is 5.72 Å². The Bertz CT molecular complexity index is 809. The third-order valence-electron chi connectivity index (χ3n) is 5.15. The zero-order chi connectivity index (χ0) is 16.9. The Morgan fingerprint density at radius 2 is 2.00 bits per heavy atom. The number of benzene rings is 2. The summed E-state index contributed by atoms with van der Waals surface area (Å²) in [5.74, 6) is 1.18. The standard InChI is InChI=1S/C19H20N2OS2/c1-12-17-15-9-4-5-10-16(15)22-19(12,2)21(18(23)20-17)13-7-6-8-14(11-13)24-3/h4-12,17H,1-3H3,(H,20,23)/t12-,17+,19-/m0/s1. The number of nitrogens with zero attached hydrogens (tertiary/aromatic N) is 1. The molecule has 24 heavy (non-hydrogen) atoms. The van der Waals surface area contributed by atoms with Crippen LogP contribution in [0, 0.1) is 5.92 Å². The lowest BCUT2D eigenvalue weighted by Gasteiger charge is -2.56. The van der Waals surface area contributed by atoms with E-state index in [0.717, 1.165) is 11.4 Å². The van der Waals surface area contributed by atoms with Gasteiger partial charge in [0, 0.05) is 22.1 Å². The van der Waals surface area contributed by atoms with Crippen LogP contribution in [0.4, 0.5) is 5.69 Å². The highest BCUT2D eigenvalue weighted by Crippen LogP contribution is 2.49. The molecule has 2 aromatic rings. The molecule has 0 amide bonds. The van der Waals surface area contributed by atoms with Crippen LogP contribution in [0.1, 0.15) is 25.5 Å². The Hall–Kier alpha value is -1.72. The lowest BCUT2D eigenvalue weighted by molar-refractivity contribution is -0.00318. The van der Waals surface area contributed by atoms with E-state index in [1.165, 1.54) is 10.5 Å². The van der Waals surface area contributed by atoms with Gasteiger partial charge >= 0.3 is 0 Å². The lowest BCUT2D eigenvalue weighted by Crippen LogP contribution is -2.69. The number of para-hydroxylation sites is 1. The van der Waals surface area contributed by atoms with Gasteiger partial charge in [-0.15, -0.1) is 11.8 Å². The summed E-state index contributed by atoms with van der Waals surface area (Å²) in [6.07, 6.45) is 2.08. The number of anilines is 1. The summed E-state index contributed by atoms with van der Waals surface area (Å²) in [4.78, 5) is 3.34. The maximum Gasteiger partial charge on any atom is 0.190 e. The molecule has 2 heterocycles. The van der Waals surface area contributed by atoms with Gasteiger partial charge < -0.3 is 10.1 Å². The first kappa shape index (κ1) is 15.8. The summed E-state index contributed by atoms with van der Waals surface area (Å²) in [7, 11) is 0. The van der Waals surface area contributed by atoms with Gasteiger partial charge in [0.2, 0.25) is 0 Å². The predicted molar refractivity (Wildman–Crippen MR) is 104 cm³/mol. The molecule has 4 rings (SSSR count). The number of thiocarbonyl (C=S) groups is 1. The van der Waals surface area contributed by atoms with Crippen LogP contribution in [0.25, 0.3) is 0 Å². The van der Waals surface area contributed by atoms with E-state index in [9.17, 15) is 0 Å². The molecule has 3 atom stereocenters. The second kappa shape index (κ2) is 5.67. The minimum absolute atomic E-state index is 0.174. The molecule has 1 fully saturated rings. The predicted octanol–water partition coefficient (Wildman–Crippen LogP) is 4.59. The van der Waals surface area contributed by atoms with Gasteiger partial charge in [-0.05, 0) is 49.7 Å². The zero-order valence-corrected chi connectivity index (χ0v) is 15.6. The van der Waals surface area contributed by atoms with Gasteiger partial charge in [0.15, 0.2) is 10.8 Å². The SMILES string of the molecule is CSc1cccc(N2C(=S)N[C@H]3c4ccccc4O[C@@]2(C)[C@H]3C)c1. The average Bonchev–Trinajstić information content (AvgIpc) is 2.58. The van der Waals surface area contributed by atoms with Crippen LogP contribution in [0.3, 0.4) is 0 Å². The molecule has 3 nitrogen and oxygen atoms in total. The number of hydrogen-bond donors (Lipinski definition) is 1. The van der Waals surface area contributed by atoms with E-state index in [1.54, 1.807) is 11.8 Å². The van der Waals surface area contributed by atoms with Crippen molar-refractivity contribution in [1.29, 1.82) is 0 Å². The summed E-state index contributed by atoms with van der Waals surface area (Å²) in [5, 5.41) is 4.25. The molecule has 0 spiro atoms. The monoisotopic (exact) mass is 356 g/mol. The normalized spacial score (nSPS) is 28.0. The van der Waals surface area contributed by atoms with Crippen molar-refractivity contribution in [2.75, 3.05) is 11.2 Å². The van der Waals surface area contributed by atoms with Crippen LogP contribution in [0.2, 0.25) is 0 Å². The van der Waals surface area contributed by atoms with Crippen molar-refractivity contribution in [3.8, 4) is 5.75 Å². The van der Waals surface area contributed by atoms with Gasteiger partial charge in [0.1, 0.15) is 5.75 Å². The highest BCUT2D eigenvalue weighted by molar-refractivity contribution is 7.98. The van der Waals surface area contributed by atoms with Crippen molar-refractivity contribution in [2.45, 2.75) is 30.5 Å². The molecule has 0 saturated carbocycles. The minimum Gasteiger partial charge on any atom is -0.467 e. The fourth-order valence-electron chi connectivity index (χ4n) is 3.70. The van der Waals surface area contributed by atoms with E-state index in [1.807, 2.05) is 12.1 Å². The molecule has 2 bridgehead atoms. The largest absolute Gasteiger partial charge is 0.467 e. The molecule has 0 aliphatic carbocycles. The second-order valence-electron chi connectivity index (χ2n) is 6.45. The van der Waals surface area contributed by atoms with Crippen molar-refractivity contribution in [3.05, 3.63) is 54.1 Å². The van der Waals surface area contributed by atoms with Crippen LogP contribution < -0.4 is 15.0 Å². The zero-order valence-electron chi connectivity index (χ0n) is 13.9. The van der Waals surface area contributed by atoms with Crippen LogP contribution in [0.5, 0.6) is 5.75 Å². The molecule has 2 aromatic carbocycles. The Morgan fingerprint density at radius 1 is 1.21 bits per heavy atom. The molecule has 1 N–H and O–H groups in total. The summed E-state index contributed by atoms with van der Waals surface area (Å²) in [6.45, 7) is 4.36. The Balaban J connectivity index is 1.84. The number of hydrogen-bond acceptors (Lipinski definition) is 3. The smallest absolute Gasteiger partial charge is 0.190 e. The van der Waals surface area contributed by atoms with Gasteiger partial charge in [0.25, 0.3) is 0 Å². The van der Waals surface area contributed by atoms with Crippen LogP contribution >= 0.6 is 24.0 Å². The van der Waals surface area contributed by atoms with Crippen molar-refractivity contribution in [2.24, 2.45) is 5.92 Å². The summed E-state index contributed by atoms with van der Waals surface area (Å²) >= 11 is 7.45.